The van der Waals surface area contributed by atoms with Gasteiger partial charge in [0.15, 0.2) is 0 Å². The number of rotatable bonds is 7. The van der Waals surface area contributed by atoms with Crippen molar-refractivity contribution in [1.82, 2.24) is 10.3 Å². The number of aliphatic hydroxyl groups excluding tert-OH is 1. The summed E-state index contributed by atoms with van der Waals surface area (Å²) in [5.74, 6) is -2.38. The lowest BCUT2D eigenvalue weighted by molar-refractivity contribution is -0.134. The Balaban J connectivity index is 2.25. The number of aromatic hydroxyl groups is 1. The van der Waals surface area contributed by atoms with Gasteiger partial charge < -0.3 is 15.5 Å². The second kappa shape index (κ2) is 8.62. The van der Waals surface area contributed by atoms with E-state index in [1.165, 1.54) is 24.4 Å². The molecule has 1 amide bonds. The molecule has 0 aliphatic rings. The number of hydrogen-bond acceptors (Lipinski definition) is 4. The summed E-state index contributed by atoms with van der Waals surface area (Å²) in [4.78, 5) is 16.1. The molecule has 0 spiro atoms. The van der Waals surface area contributed by atoms with Crippen molar-refractivity contribution in [3.63, 3.8) is 0 Å². The predicted octanol–water partition coefficient (Wildman–Crippen LogP) is 3.49. The second-order valence-corrected chi connectivity index (χ2v) is 6.28. The van der Waals surface area contributed by atoms with Crippen LogP contribution in [0.3, 0.4) is 0 Å². The van der Waals surface area contributed by atoms with Crippen LogP contribution in [-0.2, 0) is 17.0 Å². The maximum atomic E-state index is 15.5. The third-order valence-electron chi connectivity index (χ3n) is 3.81. The molecule has 0 saturated heterocycles. The first-order valence-corrected chi connectivity index (χ1v) is 8.41. The van der Waals surface area contributed by atoms with E-state index in [2.05, 4.69) is 10.3 Å². The van der Waals surface area contributed by atoms with Crippen LogP contribution in [0.2, 0.25) is 10.0 Å². The minimum Gasteiger partial charge on any atom is -0.493 e. The van der Waals surface area contributed by atoms with Crippen molar-refractivity contribution in [2.45, 2.75) is 25.1 Å². The summed E-state index contributed by atoms with van der Waals surface area (Å²) in [5, 5.41) is 20.8. The van der Waals surface area contributed by atoms with E-state index in [0.717, 1.165) is 6.07 Å². The van der Waals surface area contributed by atoms with Crippen LogP contribution in [0.25, 0.3) is 0 Å². The number of halogens is 4. The molecule has 0 aliphatic heterocycles. The van der Waals surface area contributed by atoms with Gasteiger partial charge in [-0.3, -0.25) is 4.79 Å². The monoisotopic (exact) mass is 404 g/mol. The Morgan fingerprint density at radius 2 is 2.00 bits per heavy atom. The maximum Gasteiger partial charge on any atom is 0.262 e. The van der Waals surface area contributed by atoms with E-state index < -0.39 is 23.3 Å². The molecule has 5 nitrogen and oxygen atoms in total. The summed E-state index contributed by atoms with van der Waals surface area (Å²) in [7, 11) is 0. The predicted molar refractivity (Wildman–Crippen MR) is 93.3 cm³/mol. The molecule has 2 rings (SSSR count). The van der Waals surface area contributed by atoms with Gasteiger partial charge in [-0.2, -0.15) is 0 Å². The van der Waals surface area contributed by atoms with Gasteiger partial charge in [0.05, 0.1) is 15.6 Å². The van der Waals surface area contributed by atoms with Crippen molar-refractivity contribution in [1.29, 1.82) is 0 Å². The van der Waals surface area contributed by atoms with Gasteiger partial charge in [0.1, 0.15) is 5.82 Å². The van der Waals surface area contributed by atoms with E-state index >= 15 is 4.39 Å². The molecule has 140 valence electrons. The number of nitrogens with zero attached hydrogens (tertiary/aromatic N) is 1. The number of nitrogens with one attached hydrogen (secondary N) is 1. The first-order chi connectivity index (χ1) is 12.3. The van der Waals surface area contributed by atoms with E-state index in [-0.39, 0.29) is 41.6 Å². The summed E-state index contributed by atoms with van der Waals surface area (Å²) in [5.41, 5.74) is -2.63. The molecule has 1 aromatic carbocycles. The highest BCUT2D eigenvalue weighted by molar-refractivity contribution is 6.42. The molecule has 2 aromatic rings. The average molecular weight is 405 g/mol. The first kappa shape index (κ1) is 20.4. The number of hydrogen-bond donors (Lipinski definition) is 3. The third-order valence-corrected chi connectivity index (χ3v) is 4.71. The largest absolute Gasteiger partial charge is 0.493 e. The van der Waals surface area contributed by atoms with Crippen LogP contribution >= 0.6 is 23.2 Å². The molecular weight excluding hydrogens is 389 g/mol. The zero-order valence-corrected chi connectivity index (χ0v) is 15.0. The summed E-state index contributed by atoms with van der Waals surface area (Å²) < 4.78 is 28.8. The van der Waals surface area contributed by atoms with E-state index in [1.54, 1.807) is 0 Å². The molecular formula is C17H16Cl2F2N2O3. The fraction of sp³-hybridized carbons (Fsp3) is 0.294. The molecule has 0 aliphatic carbocycles. The standard InChI is InChI=1S/C17H16Cl2F2N2O3/c18-13-10(4-5-12(20)14(13)19)9-23-16(26)17(21,6-2-8-24)11-3-1-7-22-15(11)25/h1,3-5,7,24H,2,6,8-9H2,(H,22,25)(H,23,26)/t17-/m0/s1. The van der Waals surface area contributed by atoms with Crippen LogP contribution < -0.4 is 5.32 Å². The molecule has 26 heavy (non-hydrogen) atoms. The van der Waals surface area contributed by atoms with Gasteiger partial charge >= 0.3 is 0 Å². The van der Waals surface area contributed by atoms with Crippen LogP contribution in [0.4, 0.5) is 8.78 Å². The quantitative estimate of drug-likeness (QED) is 0.616. The fourth-order valence-corrected chi connectivity index (χ4v) is 2.82. The van der Waals surface area contributed by atoms with Gasteiger partial charge in [0, 0.05) is 19.3 Å². The van der Waals surface area contributed by atoms with Crippen LogP contribution in [0.5, 0.6) is 5.88 Å². The molecule has 0 fully saturated rings. The van der Waals surface area contributed by atoms with E-state index in [1.807, 2.05) is 0 Å². The number of pyridine rings is 1. The highest BCUT2D eigenvalue weighted by Gasteiger charge is 2.42. The lowest BCUT2D eigenvalue weighted by atomic mass is 9.90. The van der Waals surface area contributed by atoms with Crippen molar-refractivity contribution < 1.29 is 23.8 Å². The Kier molecular flexibility index (Phi) is 6.75. The molecule has 1 heterocycles. The zero-order valence-electron chi connectivity index (χ0n) is 13.5. The number of alkyl halides is 1. The Labute approximate surface area is 158 Å². The van der Waals surface area contributed by atoms with Gasteiger partial charge in [0.25, 0.3) is 5.91 Å². The molecule has 0 radical (unpaired) electrons. The Morgan fingerprint density at radius 3 is 2.65 bits per heavy atom. The number of aromatic nitrogens is 1. The Bertz CT molecular complexity index is 808. The molecule has 0 unspecified atom stereocenters. The number of carbonyl (C=O) groups excluding carboxylic acids is 1. The number of amides is 1. The van der Waals surface area contributed by atoms with Crippen molar-refractivity contribution in [2.24, 2.45) is 0 Å². The Morgan fingerprint density at radius 1 is 1.27 bits per heavy atom. The van der Waals surface area contributed by atoms with Gasteiger partial charge in [-0.25, -0.2) is 13.8 Å². The molecule has 1 atom stereocenters. The third kappa shape index (κ3) is 4.23. The molecule has 9 heteroatoms. The normalized spacial score (nSPS) is 13.3. The molecule has 0 bridgehead atoms. The van der Waals surface area contributed by atoms with Crippen LogP contribution in [-0.4, -0.2) is 27.7 Å². The van der Waals surface area contributed by atoms with Crippen molar-refractivity contribution in [3.05, 3.63) is 57.5 Å². The fourth-order valence-electron chi connectivity index (χ4n) is 2.42. The summed E-state index contributed by atoms with van der Waals surface area (Å²) in [6.45, 7) is -0.539. The summed E-state index contributed by atoms with van der Waals surface area (Å²) in [6, 6.07) is 5.02. The topological polar surface area (TPSA) is 82.5 Å². The SMILES string of the molecule is O=C(NCc1ccc(F)c(Cl)c1Cl)[C@](F)(CCCO)c1cccnc1O. The van der Waals surface area contributed by atoms with Gasteiger partial charge in [-0.15, -0.1) is 0 Å². The van der Waals surface area contributed by atoms with Crippen LogP contribution in [0, 0.1) is 5.82 Å². The minimum absolute atomic E-state index is 0.0125. The number of benzene rings is 1. The molecule has 0 saturated carbocycles. The molecule has 3 N–H and O–H groups in total. The van der Waals surface area contributed by atoms with E-state index in [4.69, 9.17) is 28.3 Å². The lowest BCUT2D eigenvalue weighted by Gasteiger charge is -2.25. The zero-order chi connectivity index (χ0) is 19.3. The number of aliphatic hydroxyl groups is 1. The first-order valence-electron chi connectivity index (χ1n) is 7.66. The van der Waals surface area contributed by atoms with E-state index in [9.17, 15) is 14.3 Å². The van der Waals surface area contributed by atoms with Crippen molar-refractivity contribution in [3.8, 4) is 5.88 Å². The van der Waals surface area contributed by atoms with Gasteiger partial charge in [0.2, 0.25) is 11.5 Å². The number of carbonyl (C=O) groups is 1. The minimum atomic E-state index is -2.61. The van der Waals surface area contributed by atoms with Crippen LogP contribution in [0.1, 0.15) is 24.0 Å². The average Bonchev–Trinajstić information content (AvgIpc) is 2.63. The smallest absolute Gasteiger partial charge is 0.262 e. The van der Waals surface area contributed by atoms with E-state index in [0.29, 0.717) is 5.56 Å². The summed E-state index contributed by atoms with van der Waals surface area (Å²) in [6.07, 6.45) is 0.872. The summed E-state index contributed by atoms with van der Waals surface area (Å²) >= 11 is 11.6. The van der Waals surface area contributed by atoms with Crippen LogP contribution in [0.15, 0.2) is 30.5 Å². The highest BCUT2D eigenvalue weighted by Crippen LogP contribution is 2.36. The van der Waals surface area contributed by atoms with Gasteiger partial charge in [-0.1, -0.05) is 29.3 Å². The van der Waals surface area contributed by atoms with Gasteiger partial charge in [-0.05, 0) is 36.6 Å². The molecule has 1 aromatic heterocycles. The lowest BCUT2D eigenvalue weighted by Crippen LogP contribution is -2.41. The highest BCUT2D eigenvalue weighted by atomic mass is 35.5. The maximum absolute atomic E-state index is 15.5. The second-order valence-electron chi connectivity index (χ2n) is 5.52. The Hall–Kier alpha value is -1.96. The van der Waals surface area contributed by atoms with Crippen molar-refractivity contribution >= 4 is 29.1 Å². The van der Waals surface area contributed by atoms with Crippen molar-refractivity contribution in [2.75, 3.05) is 6.61 Å².